The number of benzene rings is 3. The lowest BCUT2D eigenvalue weighted by Gasteiger charge is -2.27. The minimum atomic E-state index is -0.979. The maximum absolute atomic E-state index is 13.9. The van der Waals surface area contributed by atoms with Gasteiger partial charge in [-0.15, -0.1) is 0 Å². The van der Waals surface area contributed by atoms with Crippen molar-refractivity contribution in [3.63, 3.8) is 0 Å². The summed E-state index contributed by atoms with van der Waals surface area (Å²) in [6.07, 6.45) is 4.65. The van der Waals surface area contributed by atoms with E-state index in [1.165, 1.54) is 21.3 Å². The van der Waals surface area contributed by atoms with Crippen molar-refractivity contribution >= 4 is 23.5 Å². The number of methoxy groups -OCH3 is 3. The molecular weight excluding hydrogens is 624 g/mol. The molecule has 1 aliphatic rings. The van der Waals surface area contributed by atoms with Crippen LogP contribution in [0.15, 0.2) is 66.7 Å². The van der Waals surface area contributed by atoms with Crippen molar-refractivity contribution in [1.82, 2.24) is 15.5 Å². The van der Waals surface area contributed by atoms with Crippen molar-refractivity contribution in [2.45, 2.75) is 71.1 Å². The van der Waals surface area contributed by atoms with Crippen LogP contribution in [-0.4, -0.2) is 69.2 Å². The molecule has 264 valence electrons. The van der Waals surface area contributed by atoms with Crippen molar-refractivity contribution in [2.24, 2.45) is 5.92 Å². The molecule has 3 aromatic rings. The average Bonchev–Trinajstić information content (AvgIpc) is 3.40. The number of rotatable bonds is 15. The van der Waals surface area contributed by atoms with E-state index in [1.54, 1.807) is 17.0 Å². The van der Waals surface area contributed by atoms with Crippen molar-refractivity contribution in [3.8, 4) is 23.0 Å². The second-order valence-electron chi connectivity index (χ2n) is 12.6. The van der Waals surface area contributed by atoms with E-state index >= 15 is 0 Å². The lowest BCUT2D eigenvalue weighted by Crippen LogP contribution is -2.55. The van der Waals surface area contributed by atoms with E-state index in [4.69, 9.17) is 18.9 Å². The zero-order valence-electron chi connectivity index (χ0n) is 29.3. The van der Waals surface area contributed by atoms with Crippen LogP contribution in [0.2, 0.25) is 0 Å². The van der Waals surface area contributed by atoms with Crippen molar-refractivity contribution in [3.05, 3.63) is 77.9 Å². The topological polar surface area (TPSA) is 127 Å². The van der Waals surface area contributed by atoms with Crippen molar-refractivity contribution in [2.75, 3.05) is 39.7 Å². The van der Waals surface area contributed by atoms with Crippen LogP contribution >= 0.6 is 0 Å². The summed E-state index contributed by atoms with van der Waals surface area (Å²) >= 11 is 0. The second-order valence-corrected chi connectivity index (χ2v) is 12.6. The molecule has 49 heavy (non-hydrogen) atoms. The molecule has 4 amide bonds. The average molecular weight is 675 g/mol. The van der Waals surface area contributed by atoms with Crippen LogP contribution in [0.3, 0.4) is 0 Å². The Morgan fingerprint density at radius 3 is 1.94 bits per heavy atom. The molecular formula is C38H50N4O7. The summed E-state index contributed by atoms with van der Waals surface area (Å²) < 4.78 is 22.3. The first kappa shape index (κ1) is 36.9. The van der Waals surface area contributed by atoms with Gasteiger partial charge in [-0.1, -0.05) is 69.2 Å². The maximum atomic E-state index is 13.9. The number of nitrogens with one attached hydrogen (secondary N) is 3. The number of carbonyl (C=O) groups is 3. The number of ether oxygens (including phenoxy) is 4. The van der Waals surface area contributed by atoms with Gasteiger partial charge in [0.2, 0.25) is 17.6 Å². The summed E-state index contributed by atoms with van der Waals surface area (Å²) in [5.74, 6) is 1.06. The molecule has 0 saturated carbocycles. The van der Waals surface area contributed by atoms with E-state index < -0.39 is 23.9 Å². The highest BCUT2D eigenvalue weighted by molar-refractivity contribution is 5.99. The Morgan fingerprint density at radius 2 is 1.37 bits per heavy atom. The fraction of sp³-hybridized carbons (Fsp3) is 0.447. The molecule has 3 N–H and O–H groups in total. The largest absolute Gasteiger partial charge is 0.493 e. The van der Waals surface area contributed by atoms with Crippen LogP contribution in [0.25, 0.3) is 0 Å². The van der Waals surface area contributed by atoms with Gasteiger partial charge in [0.25, 0.3) is 0 Å². The quantitative estimate of drug-likeness (QED) is 0.182. The van der Waals surface area contributed by atoms with Gasteiger partial charge in [0.1, 0.15) is 24.4 Å². The van der Waals surface area contributed by atoms with Gasteiger partial charge in [-0.3, -0.25) is 9.59 Å². The van der Waals surface area contributed by atoms with Crippen LogP contribution in [0, 0.1) is 5.92 Å². The number of hydrogen-bond donors (Lipinski definition) is 3. The van der Waals surface area contributed by atoms with Gasteiger partial charge < -0.3 is 39.8 Å². The van der Waals surface area contributed by atoms with E-state index in [0.717, 1.165) is 36.8 Å². The standard InChI is InChI=1S/C38H50N4O7/c1-26(2)21-31(41-38(45)42-19-11-6-7-12-20-42)37(44)40-32(36(43)39-29-23-33(46-3)35(48-5)34(24-29)47-4)22-27-15-17-30(18-16-27)49-25-28-13-9-8-10-14-28/h8-10,13-18,23-24,26,31-32H,6-7,11-12,19-22,25H2,1-5H3,(H,39,43)(H,40,44)(H,41,45)/t31-,32-/m0/s1. The summed E-state index contributed by atoms with van der Waals surface area (Å²) in [7, 11) is 4.49. The molecule has 11 heteroatoms. The number of anilines is 1. The van der Waals surface area contributed by atoms with E-state index in [2.05, 4.69) is 16.0 Å². The van der Waals surface area contributed by atoms with Crippen LogP contribution in [0.5, 0.6) is 23.0 Å². The van der Waals surface area contributed by atoms with Crippen LogP contribution in [0.4, 0.5) is 10.5 Å². The number of urea groups is 1. The molecule has 1 aliphatic heterocycles. The number of likely N-dealkylation sites (tertiary alicyclic amines) is 1. The van der Waals surface area contributed by atoms with Gasteiger partial charge in [0, 0.05) is 37.3 Å². The fourth-order valence-electron chi connectivity index (χ4n) is 5.78. The molecule has 0 aromatic heterocycles. The molecule has 11 nitrogen and oxygen atoms in total. The van der Waals surface area contributed by atoms with Gasteiger partial charge in [0.15, 0.2) is 11.5 Å². The lowest BCUT2D eigenvalue weighted by atomic mass is 10.0. The molecule has 1 fully saturated rings. The molecule has 0 spiro atoms. The lowest BCUT2D eigenvalue weighted by molar-refractivity contribution is -0.128. The Kier molecular flexibility index (Phi) is 14.0. The number of nitrogens with zero attached hydrogens (tertiary/aromatic N) is 1. The highest BCUT2D eigenvalue weighted by Crippen LogP contribution is 2.40. The van der Waals surface area contributed by atoms with Gasteiger partial charge in [-0.05, 0) is 48.4 Å². The first-order valence-electron chi connectivity index (χ1n) is 16.9. The minimum absolute atomic E-state index is 0.120. The minimum Gasteiger partial charge on any atom is -0.493 e. The third kappa shape index (κ3) is 11.1. The SMILES string of the molecule is COc1cc(NC(=O)[C@H](Cc2ccc(OCc3ccccc3)cc2)NC(=O)[C@H](CC(C)C)NC(=O)N2CCCCCC2)cc(OC)c1OC. The summed E-state index contributed by atoms with van der Waals surface area (Å²) in [6, 6.07) is 18.5. The van der Waals surface area contributed by atoms with Crippen LogP contribution in [-0.2, 0) is 22.6 Å². The molecule has 1 heterocycles. The Hall–Kier alpha value is -4.93. The van der Waals surface area contributed by atoms with E-state index in [-0.39, 0.29) is 18.4 Å². The van der Waals surface area contributed by atoms with Crippen molar-refractivity contribution < 1.29 is 33.3 Å². The van der Waals surface area contributed by atoms with Gasteiger partial charge >= 0.3 is 6.03 Å². The highest BCUT2D eigenvalue weighted by atomic mass is 16.5. The molecule has 0 unspecified atom stereocenters. The molecule has 0 aliphatic carbocycles. The Balaban J connectivity index is 1.54. The number of amides is 4. The van der Waals surface area contributed by atoms with E-state index in [1.807, 2.05) is 68.4 Å². The zero-order chi connectivity index (χ0) is 35.2. The highest BCUT2D eigenvalue weighted by Gasteiger charge is 2.30. The summed E-state index contributed by atoms with van der Waals surface area (Å²) in [4.78, 5) is 42.8. The first-order chi connectivity index (χ1) is 23.7. The smallest absolute Gasteiger partial charge is 0.318 e. The molecule has 0 bridgehead atoms. The third-order valence-corrected chi connectivity index (χ3v) is 8.39. The maximum Gasteiger partial charge on any atom is 0.318 e. The van der Waals surface area contributed by atoms with Crippen molar-refractivity contribution in [1.29, 1.82) is 0 Å². The summed E-state index contributed by atoms with van der Waals surface area (Å²) in [6.45, 7) is 5.73. The van der Waals surface area contributed by atoms with Crippen LogP contribution in [0.1, 0.15) is 57.1 Å². The molecule has 2 atom stereocenters. The molecule has 0 radical (unpaired) electrons. The van der Waals surface area contributed by atoms with E-state index in [9.17, 15) is 14.4 Å². The second kappa shape index (κ2) is 18.6. The number of hydrogen-bond acceptors (Lipinski definition) is 7. The third-order valence-electron chi connectivity index (χ3n) is 8.39. The van der Waals surface area contributed by atoms with Gasteiger partial charge in [-0.25, -0.2) is 4.79 Å². The molecule has 4 rings (SSSR count). The van der Waals surface area contributed by atoms with E-state index in [0.29, 0.717) is 54.8 Å². The normalized spacial score (nSPS) is 14.2. The van der Waals surface area contributed by atoms with Crippen LogP contribution < -0.4 is 34.9 Å². The first-order valence-corrected chi connectivity index (χ1v) is 16.9. The molecule has 1 saturated heterocycles. The summed E-state index contributed by atoms with van der Waals surface area (Å²) in [5.41, 5.74) is 2.26. The zero-order valence-corrected chi connectivity index (χ0v) is 29.3. The Morgan fingerprint density at radius 1 is 0.735 bits per heavy atom. The predicted octanol–water partition coefficient (Wildman–Crippen LogP) is 5.96. The fourth-order valence-corrected chi connectivity index (χ4v) is 5.78. The Labute approximate surface area is 289 Å². The van der Waals surface area contributed by atoms with Gasteiger partial charge in [-0.2, -0.15) is 0 Å². The predicted molar refractivity (Wildman–Crippen MR) is 189 cm³/mol. The number of carbonyl (C=O) groups excluding carboxylic acids is 3. The Bertz CT molecular complexity index is 1480. The monoisotopic (exact) mass is 674 g/mol. The molecule has 3 aromatic carbocycles. The van der Waals surface area contributed by atoms with Gasteiger partial charge in [0.05, 0.1) is 21.3 Å². The summed E-state index contributed by atoms with van der Waals surface area (Å²) in [5, 5.41) is 8.82.